The molecule has 0 aliphatic carbocycles. The molecule has 1 N–H and O–H groups in total. The van der Waals surface area contributed by atoms with E-state index in [1.165, 1.54) is 17.0 Å². The maximum absolute atomic E-state index is 12.9. The van der Waals surface area contributed by atoms with E-state index in [4.69, 9.17) is 4.74 Å². The van der Waals surface area contributed by atoms with Crippen molar-refractivity contribution in [1.29, 1.82) is 0 Å². The van der Waals surface area contributed by atoms with Gasteiger partial charge in [-0.3, -0.25) is 0 Å². The molecule has 140 valence electrons. The molecule has 0 spiro atoms. The van der Waals surface area contributed by atoms with Gasteiger partial charge in [-0.15, -0.1) is 0 Å². The lowest BCUT2D eigenvalue weighted by atomic mass is 10.1. The van der Waals surface area contributed by atoms with Crippen LogP contribution in [-0.2, 0) is 12.7 Å². The molecule has 0 bridgehead atoms. The second-order valence-electron chi connectivity index (χ2n) is 6.42. The summed E-state index contributed by atoms with van der Waals surface area (Å²) in [5.74, 6) is 0.862. The average molecular weight is 430 g/mol. The highest BCUT2D eigenvalue weighted by atomic mass is 79.9. The predicted molar refractivity (Wildman–Crippen MR) is 98.8 cm³/mol. The van der Waals surface area contributed by atoms with Gasteiger partial charge in [0.1, 0.15) is 12.3 Å². The van der Waals surface area contributed by atoms with Gasteiger partial charge in [-0.1, -0.05) is 22.0 Å². The molecule has 0 amide bonds. The van der Waals surface area contributed by atoms with Crippen LogP contribution in [0.25, 0.3) is 0 Å². The van der Waals surface area contributed by atoms with Crippen LogP contribution >= 0.6 is 15.9 Å². The number of anilines is 1. The summed E-state index contributed by atoms with van der Waals surface area (Å²) in [6, 6.07) is 11.5. The molecule has 7 heteroatoms. The van der Waals surface area contributed by atoms with E-state index in [2.05, 4.69) is 22.0 Å². The quantitative estimate of drug-likeness (QED) is 0.801. The number of methoxy groups -OCH3 is 1. The predicted octanol–water partition coefficient (Wildman–Crippen LogP) is 3.38. The van der Waals surface area contributed by atoms with Crippen molar-refractivity contribution in [2.24, 2.45) is 0 Å². The summed E-state index contributed by atoms with van der Waals surface area (Å²) in [5, 5.41) is 0. The third-order valence-electron chi connectivity index (χ3n) is 4.69. The first-order valence-electron chi connectivity index (χ1n) is 8.45. The van der Waals surface area contributed by atoms with Crippen LogP contribution in [0, 0.1) is 0 Å². The molecule has 2 aromatic carbocycles. The molecule has 0 saturated carbocycles. The largest absolute Gasteiger partial charge is 0.496 e. The Kier molecular flexibility index (Phi) is 5.77. The van der Waals surface area contributed by atoms with Gasteiger partial charge >= 0.3 is 6.18 Å². The summed E-state index contributed by atoms with van der Waals surface area (Å²) in [7, 11) is 1.66. The van der Waals surface area contributed by atoms with Crippen molar-refractivity contribution in [3.63, 3.8) is 0 Å². The molecule has 1 heterocycles. The van der Waals surface area contributed by atoms with Crippen LogP contribution in [0.1, 0.15) is 11.1 Å². The van der Waals surface area contributed by atoms with Gasteiger partial charge in [0.15, 0.2) is 0 Å². The number of halogens is 4. The van der Waals surface area contributed by atoms with E-state index in [-0.39, 0.29) is 0 Å². The standard InChI is InChI=1S/C19H20BrF3N2O/c1-26-18-6-5-16(20)11-14(18)13-24-7-9-25(10-8-24)17-4-2-3-15(12-17)19(21,22)23/h2-6,11-12H,7-10,13H2,1H3/p+1. The van der Waals surface area contributed by atoms with Crippen molar-refractivity contribution in [1.82, 2.24) is 0 Å². The van der Waals surface area contributed by atoms with Crippen LogP contribution in [0.5, 0.6) is 5.75 Å². The van der Waals surface area contributed by atoms with E-state index in [0.717, 1.165) is 54.6 Å². The number of hydrogen-bond donors (Lipinski definition) is 1. The summed E-state index contributed by atoms with van der Waals surface area (Å²) < 4.78 is 45.2. The van der Waals surface area contributed by atoms with E-state index in [0.29, 0.717) is 5.69 Å². The first kappa shape index (κ1) is 19.0. The topological polar surface area (TPSA) is 16.9 Å². The number of hydrogen-bond acceptors (Lipinski definition) is 2. The minimum atomic E-state index is -4.31. The Labute approximate surface area is 159 Å². The maximum atomic E-state index is 12.9. The maximum Gasteiger partial charge on any atom is 0.416 e. The lowest BCUT2D eigenvalue weighted by Gasteiger charge is -2.34. The molecule has 0 radical (unpaired) electrons. The van der Waals surface area contributed by atoms with Gasteiger partial charge in [0.25, 0.3) is 0 Å². The van der Waals surface area contributed by atoms with Crippen LogP contribution in [0.2, 0.25) is 0 Å². The minimum absolute atomic E-state index is 0.594. The van der Waals surface area contributed by atoms with Gasteiger partial charge in [0.2, 0.25) is 0 Å². The number of nitrogens with one attached hydrogen (secondary N) is 1. The SMILES string of the molecule is COc1ccc(Br)cc1C[NH+]1CCN(c2cccc(C(F)(F)F)c2)CC1. The number of ether oxygens (including phenoxy) is 1. The summed E-state index contributed by atoms with van der Waals surface area (Å²) in [4.78, 5) is 3.42. The van der Waals surface area contributed by atoms with Crippen LogP contribution in [-0.4, -0.2) is 33.3 Å². The van der Waals surface area contributed by atoms with Crippen LogP contribution < -0.4 is 14.5 Å². The molecule has 0 atom stereocenters. The lowest BCUT2D eigenvalue weighted by molar-refractivity contribution is -0.914. The summed E-state index contributed by atoms with van der Waals surface area (Å²) >= 11 is 3.49. The summed E-state index contributed by atoms with van der Waals surface area (Å²) in [6.07, 6.45) is -4.31. The van der Waals surface area contributed by atoms with E-state index in [1.807, 2.05) is 17.0 Å². The summed E-state index contributed by atoms with van der Waals surface area (Å²) in [5.41, 5.74) is 1.17. The zero-order chi connectivity index (χ0) is 18.7. The number of benzene rings is 2. The van der Waals surface area contributed by atoms with Gasteiger partial charge < -0.3 is 14.5 Å². The van der Waals surface area contributed by atoms with Crippen molar-refractivity contribution < 1.29 is 22.8 Å². The van der Waals surface area contributed by atoms with Crippen molar-refractivity contribution >= 4 is 21.6 Å². The van der Waals surface area contributed by atoms with Gasteiger partial charge in [-0.05, 0) is 36.4 Å². The highest BCUT2D eigenvalue weighted by molar-refractivity contribution is 9.10. The molecule has 1 aliphatic rings. The Balaban J connectivity index is 1.64. The molecule has 1 fully saturated rings. The zero-order valence-electron chi connectivity index (χ0n) is 14.4. The number of alkyl halides is 3. The number of nitrogens with zero attached hydrogens (tertiary/aromatic N) is 1. The summed E-state index contributed by atoms with van der Waals surface area (Å²) in [6.45, 7) is 4.02. The Hall–Kier alpha value is -1.73. The Morgan fingerprint density at radius 1 is 1.12 bits per heavy atom. The smallest absolute Gasteiger partial charge is 0.416 e. The number of rotatable bonds is 4. The molecule has 1 aliphatic heterocycles. The number of piperazine rings is 1. The highest BCUT2D eigenvalue weighted by Gasteiger charge is 2.31. The van der Waals surface area contributed by atoms with E-state index >= 15 is 0 Å². The van der Waals surface area contributed by atoms with E-state index < -0.39 is 11.7 Å². The second kappa shape index (κ2) is 7.88. The molecule has 26 heavy (non-hydrogen) atoms. The van der Waals surface area contributed by atoms with Crippen LogP contribution in [0.4, 0.5) is 18.9 Å². The minimum Gasteiger partial charge on any atom is -0.496 e. The van der Waals surface area contributed by atoms with E-state index in [1.54, 1.807) is 13.2 Å². The molecule has 1 saturated heterocycles. The van der Waals surface area contributed by atoms with Gasteiger partial charge in [-0.25, -0.2) is 0 Å². The highest BCUT2D eigenvalue weighted by Crippen LogP contribution is 2.31. The second-order valence-corrected chi connectivity index (χ2v) is 7.33. The third-order valence-corrected chi connectivity index (χ3v) is 5.19. The van der Waals surface area contributed by atoms with Gasteiger partial charge in [0.05, 0.1) is 38.9 Å². The fourth-order valence-corrected chi connectivity index (χ4v) is 3.70. The average Bonchev–Trinajstić information content (AvgIpc) is 2.62. The first-order chi connectivity index (χ1) is 12.4. The Bertz CT molecular complexity index is 759. The van der Waals surface area contributed by atoms with Crippen LogP contribution in [0.15, 0.2) is 46.9 Å². The zero-order valence-corrected chi connectivity index (χ0v) is 16.0. The fraction of sp³-hybridized carbons (Fsp3) is 0.368. The Morgan fingerprint density at radius 2 is 1.85 bits per heavy atom. The van der Waals surface area contributed by atoms with Crippen molar-refractivity contribution in [3.8, 4) is 5.75 Å². The van der Waals surface area contributed by atoms with Crippen LogP contribution in [0.3, 0.4) is 0 Å². The molecular weight excluding hydrogens is 409 g/mol. The van der Waals surface area contributed by atoms with Crippen molar-refractivity contribution in [3.05, 3.63) is 58.1 Å². The molecular formula is C19H21BrF3N2O+. The molecule has 3 rings (SSSR count). The third kappa shape index (κ3) is 4.51. The molecule has 3 nitrogen and oxygen atoms in total. The van der Waals surface area contributed by atoms with Crippen molar-refractivity contribution in [2.45, 2.75) is 12.7 Å². The van der Waals surface area contributed by atoms with Crippen molar-refractivity contribution in [2.75, 3.05) is 38.2 Å². The van der Waals surface area contributed by atoms with Gasteiger partial charge in [-0.2, -0.15) is 13.2 Å². The fourth-order valence-electron chi connectivity index (χ4n) is 3.29. The normalized spacial score (nSPS) is 16.0. The van der Waals surface area contributed by atoms with Gasteiger partial charge in [0, 0.05) is 15.7 Å². The molecule has 0 aromatic heterocycles. The lowest BCUT2D eigenvalue weighted by Crippen LogP contribution is -3.13. The monoisotopic (exact) mass is 429 g/mol. The number of quaternary nitrogens is 1. The first-order valence-corrected chi connectivity index (χ1v) is 9.24. The Morgan fingerprint density at radius 3 is 2.50 bits per heavy atom. The van der Waals surface area contributed by atoms with E-state index in [9.17, 15) is 13.2 Å². The molecule has 0 unspecified atom stereocenters. The molecule has 2 aromatic rings.